The molecule has 1 aromatic heterocycles. The summed E-state index contributed by atoms with van der Waals surface area (Å²) >= 11 is 12.5. The largest absolute Gasteiger partial charge is 0.459 e. The Morgan fingerprint density at radius 2 is 1.87 bits per heavy atom. The van der Waals surface area contributed by atoms with E-state index in [-0.39, 0.29) is 11.9 Å². The third kappa shape index (κ3) is 5.54. The molecule has 0 bridgehead atoms. The van der Waals surface area contributed by atoms with Crippen LogP contribution in [-0.2, 0) is 0 Å². The number of amides is 1. The number of benzene rings is 1. The molecule has 8 heteroatoms. The molecule has 2 heterocycles. The second-order valence-electron chi connectivity index (χ2n) is 8.53. The maximum Gasteiger partial charge on any atom is 0.287 e. The number of alkyl halides is 1. The zero-order chi connectivity index (χ0) is 21.8. The maximum absolute atomic E-state index is 15.4. The van der Waals surface area contributed by atoms with E-state index in [0.29, 0.717) is 47.9 Å². The molecular formula is C23H28Cl2FN3O2. The summed E-state index contributed by atoms with van der Waals surface area (Å²) in [5.74, 6) is 0.0781. The third-order valence-corrected chi connectivity index (χ3v) is 7.29. The average Bonchev–Trinajstić information content (AvgIpc) is 3.32. The molecule has 31 heavy (non-hydrogen) atoms. The Morgan fingerprint density at radius 3 is 2.55 bits per heavy atom. The van der Waals surface area contributed by atoms with Crippen molar-refractivity contribution in [2.45, 2.75) is 43.8 Å². The Kier molecular flexibility index (Phi) is 7.09. The van der Waals surface area contributed by atoms with Gasteiger partial charge in [-0.2, -0.15) is 0 Å². The van der Waals surface area contributed by atoms with E-state index in [1.807, 2.05) is 12.1 Å². The van der Waals surface area contributed by atoms with Gasteiger partial charge < -0.3 is 14.6 Å². The van der Waals surface area contributed by atoms with E-state index < -0.39 is 5.67 Å². The summed E-state index contributed by atoms with van der Waals surface area (Å²) in [4.78, 5) is 16.7. The molecule has 1 saturated heterocycles. The minimum absolute atomic E-state index is 0.00691. The smallest absolute Gasteiger partial charge is 0.287 e. The first-order chi connectivity index (χ1) is 14.9. The van der Waals surface area contributed by atoms with E-state index in [9.17, 15) is 4.79 Å². The van der Waals surface area contributed by atoms with Crippen LogP contribution in [0, 0.1) is 0 Å². The summed E-state index contributed by atoms with van der Waals surface area (Å²) in [7, 11) is 0. The van der Waals surface area contributed by atoms with Gasteiger partial charge in [0.05, 0.1) is 22.0 Å². The van der Waals surface area contributed by atoms with Crippen LogP contribution in [0.3, 0.4) is 0 Å². The van der Waals surface area contributed by atoms with Crippen LogP contribution in [0.15, 0.2) is 41.0 Å². The summed E-state index contributed by atoms with van der Waals surface area (Å²) in [5, 5.41) is 4.12. The molecule has 0 atom stereocenters. The highest BCUT2D eigenvalue weighted by molar-refractivity contribution is 6.43. The van der Waals surface area contributed by atoms with Crippen LogP contribution in [0.1, 0.15) is 42.7 Å². The molecule has 4 rings (SSSR count). The van der Waals surface area contributed by atoms with E-state index in [1.54, 1.807) is 18.2 Å². The van der Waals surface area contributed by atoms with E-state index in [0.717, 1.165) is 38.4 Å². The quantitative estimate of drug-likeness (QED) is 0.635. The molecular weight excluding hydrogens is 440 g/mol. The summed E-state index contributed by atoms with van der Waals surface area (Å²) in [5.41, 5.74) is -0.190. The first-order valence-electron chi connectivity index (χ1n) is 10.9. The van der Waals surface area contributed by atoms with Gasteiger partial charge >= 0.3 is 0 Å². The Morgan fingerprint density at radius 1 is 1.13 bits per heavy atom. The van der Waals surface area contributed by atoms with Crippen molar-refractivity contribution in [1.82, 2.24) is 10.2 Å². The topological polar surface area (TPSA) is 48.7 Å². The van der Waals surface area contributed by atoms with Crippen LogP contribution in [-0.4, -0.2) is 55.2 Å². The highest BCUT2D eigenvalue weighted by atomic mass is 35.5. The van der Waals surface area contributed by atoms with Crippen molar-refractivity contribution < 1.29 is 13.6 Å². The zero-order valence-electron chi connectivity index (χ0n) is 17.5. The van der Waals surface area contributed by atoms with Gasteiger partial charge in [-0.25, -0.2) is 4.39 Å². The van der Waals surface area contributed by atoms with Crippen molar-refractivity contribution in [2.75, 3.05) is 37.6 Å². The van der Waals surface area contributed by atoms with Gasteiger partial charge in [0, 0.05) is 38.8 Å². The lowest BCUT2D eigenvalue weighted by Gasteiger charge is -2.39. The van der Waals surface area contributed by atoms with Gasteiger partial charge in [-0.05, 0) is 56.4 Å². The lowest BCUT2D eigenvalue weighted by Crippen LogP contribution is -2.48. The number of nitrogens with one attached hydrogen (secondary N) is 1. The van der Waals surface area contributed by atoms with Gasteiger partial charge in [0.1, 0.15) is 5.67 Å². The van der Waals surface area contributed by atoms with Gasteiger partial charge in [0.25, 0.3) is 5.91 Å². The van der Waals surface area contributed by atoms with Crippen molar-refractivity contribution in [1.29, 1.82) is 0 Å². The monoisotopic (exact) mass is 467 g/mol. The lowest BCUT2D eigenvalue weighted by atomic mass is 9.81. The molecule has 1 amide bonds. The number of carbonyl (C=O) groups is 1. The van der Waals surface area contributed by atoms with E-state index in [1.165, 1.54) is 6.26 Å². The standard InChI is InChI=1S/C23H28Cl2FN3O2/c24-18-3-1-4-19(21(18)25)29-14-12-28(13-15-29)11-10-23(26)8-6-17(7-9-23)27-22(30)20-5-2-16-31-20/h1-5,16-17H,6-15H2,(H,27,30)/t17-,23+. The van der Waals surface area contributed by atoms with Crippen LogP contribution in [0.5, 0.6) is 0 Å². The predicted molar refractivity (Wildman–Crippen MR) is 122 cm³/mol. The van der Waals surface area contributed by atoms with Crippen LogP contribution >= 0.6 is 23.2 Å². The number of hydrogen-bond acceptors (Lipinski definition) is 4. The second-order valence-corrected chi connectivity index (χ2v) is 9.31. The Balaban J connectivity index is 1.20. The van der Waals surface area contributed by atoms with E-state index in [2.05, 4.69) is 15.1 Å². The minimum Gasteiger partial charge on any atom is -0.459 e. The zero-order valence-corrected chi connectivity index (χ0v) is 19.0. The highest BCUT2D eigenvalue weighted by Crippen LogP contribution is 2.36. The Bertz CT molecular complexity index is 877. The lowest BCUT2D eigenvalue weighted by molar-refractivity contribution is 0.0626. The number of anilines is 1. The molecule has 1 aliphatic heterocycles. The van der Waals surface area contributed by atoms with Gasteiger partial charge in [-0.1, -0.05) is 29.3 Å². The van der Waals surface area contributed by atoms with Crippen molar-refractivity contribution in [3.8, 4) is 0 Å². The van der Waals surface area contributed by atoms with Gasteiger partial charge in [0.2, 0.25) is 0 Å². The number of halogens is 3. The SMILES string of the molecule is O=C(N[C@H]1CC[C@](F)(CCN2CCN(c3cccc(Cl)c3Cl)CC2)CC1)c1ccco1. The Labute approximate surface area is 192 Å². The summed E-state index contributed by atoms with van der Waals surface area (Å²) in [6.07, 6.45) is 4.28. The van der Waals surface area contributed by atoms with Gasteiger partial charge in [-0.15, -0.1) is 0 Å². The maximum atomic E-state index is 15.4. The first-order valence-corrected chi connectivity index (χ1v) is 11.6. The molecule has 5 nitrogen and oxygen atoms in total. The van der Waals surface area contributed by atoms with Gasteiger partial charge in [-0.3, -0.25) is 9.69 Å². The summed E-state index contributed by atoms with van der Waals surface area (Å²) < 4.78 is 20.5. The summed E-state index contributed by atoms with van der Waals surface area (Å²) in [6, 6.07) is 9.03. The number of hydrogen-bond donors (Lipinski definition) is 1. The molecule has 2 fully saturated rings. The van der Waals surface area contributed by atoms with Crippen molar-refractivity contribution >= 4 is 34.8 Å². The fraction of sp³-hybridized carbons (Fsp3) is 0.522. The van der Waals surface area contributed by atoms with E-state index >= 15 is 4.39 Å². The molecule has 168 valence electrons. The molecule has 1 saturated carbocycles. The number of furan rings is 1. The number of nitrogens with zero attached hydrogens (tertiary/aromatic N) is 2. The number of piperazine rings is 1. The molecule has 2 aliphatic rings. The second kappa shape index (κ2) is 9.80. The van der Waals surface area contributed by atoms with Crippen LogP contribution in [0.4, 0.5) is 10.1 Å². The molecule has 0 spiro atoms. The van der Waals surface area contributed by atoms with Crippen LogP contribution in [0.25, 0.3) is 0 Å². The van der Waals surface area contributed by atoms with Crippen LogP contribution in [0.2, 0.25) is 10.0 Å². The molecule has 2 aromatic rings. The predicted octanol–water partition coefficient (Wildman–Crippen LogP) is 5.18. The molecule has 1 aromatic carbocycles. The van der Waals surface area contributed by atoms with Crippen LogP contribution < -0.4 is 10.2 Å². The highest BCUT2D eigenvalue weighted by Gasteiger charge is 2.36. The van der Waals surface area contributed by atoms with Gasteiger partial charge in [0.15, 0.2) is 5.76 Å². The molecule has 0 radical (unpaired) electrons. The van der Waals surface area contributed by atoms with Crippen molar-refractivity contribution in [2.24, 2.45) is 0 Å². The van der Waals surface area contributed by atoms with Crippen molar-refractivity contribution in [3.05, 3.63) is 52.4 Å². The molecule has 0 unspecified atom stereocenters. The fourth-order valence-electron chi connectivity index (χ4n) is 4.50. The van der Waals surface area contributed by atoms with E-state index in [4.69, 9.17) is 27.6 Å². The number of carbonyl (C=O) groups excluding carboxylic acids is 1. The summed E-state index contributed by atoms with van der Waals surface area (Å²) in [6.45, 7) is 4.19. The average molecular weight is 468 g/mol. The molecule has 1 aliphatic carbocycles. The Hall–Kier alpha value is -1.76. The third-order valence-electron chi connectivity index (χ3n) is 6.48. The van der Waals surface area contributed by atoms with Crippen molar-refractivity contribution in [3.63, 3.8) is 0 Å². The molecule has 1 N–H and O–H groups in total. The minimum atomic E-state index is -1.15. The number of rotatable bonds is 6. The fourth-order valence-corrected chi connectivity index (χ4v) is 4.92. The first kappa shape index (κ1) is 22.4. The normalized spacial score (nSPS) is 24.9.